The Labute approximate surface area is 282 Å². The van der Waals surface area contributed by atoms with Crippen LogP contribution in [-0.4, -0.2) is 81.1 Å². The minimum absolute atomic E-state index is 0.137. The Hall–Kier alpha value is -5.18. The minimum Gasteiger partial charge on any atom is -0.364 e. The number of hydrogen-bond acceptors (Lipinski definition) is 5. The van der Waals surface area contributed by atoms with Gasteiger partial charge in [0, 0.05) is 46.6 Å². The van der Waals surface area contributed by atoms with E-state index in [4.69, 9.17) is 17.3 Å². The molecule has 3 aromatic carbocycles. The van der Waals surface area contributed by atoms with Crippen LogP contribution in [-0.2, 0) is 16.1 Å². The maximum Gasteiger partial charge on any atom is 0.322 e. The fourth-order valence-corrected chi connectivity index (χ4v) is 6.40. The number of hydrogen-bond donors (Lipinski definition) is 3. The Morgan fingerprint density at radius 2 is 1.78 bits per heavy atom. The van der Waals surface area contributed by atoms with Crippen molar-refractivity contribution in [1.29, 1.82) is 0 Å². The first-order valence-corrected chi connectivity index (χ1v) is 15.7. The van der Waals surface area contributed by atoms with Crippen LogP contribution in [0, 0.1) is 5.82 Å². The summed E-state index contributed by atoms with van der Waals surface area (Å²) in [7, 11) is 0. The molecule has 0 radical (unpaired) electrons. The van der Waals surface area contributed by atoms with Crippen LogP contribution in [0.25, 0.3) is 22.0 Å². The summed E-state index contributed by atoms with van der Waals surface area (Å²) in [5, 5.41) is 9.63. The van der Waals surface area contributed by atoms with Gasteiger partial charge >= 0.3 is 6.03 Å². The lowest BCUT2D eigenvalue weighted by molar-refractivity contribution is -0.137. The monoisotopic (exact) mass is 699 g/mol. The van der Waals surface area contributed by atoms with Crippen LogP contribution in [0.15, 0.2) is 60.7 Å². The molecule has 1 aromatic heterocycles. The molecule has 3 heterocycles. The highest BCUT2D eigenvalue weighted by Gasteiger charge is 2.41. The van der Waals surface area contributed by atoms with Crippen LogP contribution in [0.3, 0.4) is 0 Å². The van der Waals surface area contributed by atoms with E-state index < -0.39 is 67.3 Å². The van der Waals surface area contributed by atoms with Crippen LogP contribution >= 0.6 is 11.6 Å². The Kier molecular flexibility index (Phi) is 9.20. The van der Waals surface area contributed by atoms with Crippen molar-refractivity contribution >= 4 is 57.6 Å². The number of piperidine rings is 1. The first-order chi connectivity index (χ1) is 23.3. The second kappa shape index (κ2) is 13.4. The molecule has 2 saturated heterocycles. The van der Waals surface area contributed by atoms with Crippen molar-refractivity contribution in [2.45, 2.75) is 43.9 Å². The number of aromatic nitrogens is 2. The van der Waals surface area contributed by atoms with Gasteiger partial charge in [-0.2, -0.15) is 5.10 Å². The number of carbonyl (C=O) groups excluding carboxylic acids is 4. The highest BCUT2D eigenvalue weighted by Crippen LogP contribution is 2.33. The average molecular weight is 700 g/mol. The summed E-state index contributed by atoms with van der Waals surface area (Å²) < 4.78 is 59.0. The smallest absolute Gasteiger partial charge is 0.322 e. The molecule has 49 heavy (non-hydrogen) atoms. The fourth-order valence-electron chi connectivity index (χ4n) is 6.16. The lowest BCUT2D eigenvalue weighted by Gasteiger charge is -2.32. The molecule has 2 atom stereocenters. The van der Waals surface area contributed by atoms with Gasteiger partial charge in [0.2, 0.25) is 11.8 Å². The lowest BCUT2D eigenvalue weighted by atomic mass is 10.0. The van der Waals surface area contributed by atoms with Crippen molar-refractivity contribution in [2.75, 3.05) is 30.3 Å². The molecule has 5 amide bonds. The standard InChI is InChI=1S/C33H30ClF4N7O4/c34-23-7-2-1-5-20(23)21-6-3-8-24(28(21)36)41-31(48)26-13-18(35)15-44(26)27(46)16-45-25-10-9-19(14-22(25)29(42-45)30(39)47)40-32(49)43-12-4-11-33(37,38)17-43/h1-3,5-10,14,18,26H,4,11-13,15-17H2,(H2,39,47)(H,40,49)(H,41,48). The van der Waals surface area contributed by atoms with Crippen LogP contribution in [0.5, 0.6) is 0 Å². The Morgan fingerprint density at radius 3 is 2.51 bits per heavy atom. The lowest BCUT2D eigenvalue weighted by Crippen LogP contribution is -2.47. The zero-order valence-electron chi connectivity index (χ0n) is 25.8. The van der Waals surface area contributed by atoms with E-state index in [0.717, 1.165) is 14.5 Å². The Balaban J connectivity index is 1.19. The summed E-state index contributed by atoms with van der Waals surface area (Å²) in [5.41, 5.74) is 6.07. The first-order valence-electron chi connectivity index (χ1n) is 15.3. The number of rotatable bonds is 7. The van der Waals surface area contributed by atoms with Crippen LogP contribution in [0.2, 0.25) is 5.02 Å². The van der Waals surface area contributed by atoms with Crippen LogP contribution < -0.4 is 16.4 Å². The average Bonchev–Trinajstić information content (AvgIpc) is 3.62. The molecule has 2 aliphatic heterocycles. The number of carbonyl (C=O) groups is 4. The second-order valence-corrected chi connectivity index (χ2v) is 12.4. The van der Waals surface area contributed by atoms with Gasteiger partial charge < -0.3 is 26.2 Å². The van der Waals surface area contributed by atoms with E-state index in [2.05, 4.69) is 15.7 Å². The SMILES string of the molecule is NC(=O)c1nn(CC(=O)N2CC(F)CC2C(=O)Nc2cccc(-c3ccccc3Cl)c2F)c2ccc(NC(=O)N3CCCC(F)(F)C3)cc12. The van der Waals surface area contributed by atoms with Crippen LogP contribution in [0.4, 0.5) is 33.7 Å². The topological polar surface area (TPSA) is 143 Å². The van der Waals surface area contributed by atoms with E-state index in [1.807, 2.05) is 0 Å². The van der Waals surface area contributed by atoms with Gasteiger partial charge in [-0.05, 0) is 36.8 Å². The Bertz CT molecular complexity index is 1970. The van der Waals surface area contributed by atoms with Gasteiger partial charge in [-0.3, -0.25) is 19.1 Å². The second-order valence-electron chi connectivity index (χ2n) is 11.9. The number of alkyl halides is 3. The van der Waals surface area contributed by atoms with Gasteiger partial charge in [-0.15, -0.1) is 0 Å². The number of nitrogens with one attached hydrogen (secondary N) is 2. The third-order valence-electron chi connectivity index (χ3n) is 8.49. The zero-order valence-corrected chi connectivity index (χ0v) is 26.5. The van der Waals surface area contributed by atoms with E-state index in [1.54, 1.807) is 24.3 Å². The molecule has 4 aromatic rings. The third kappa shape index (κ3) is 7.02. The zero-order chi connectivity index (χ0) is 35.0. The van der Waals surface area contributed by atoms with Crippen molar-refractivity contribution < 1.29 is 36.7 Å². The van der Waals surface area contributed by atoms with Crippen molar-refractivity contribution in [3.63, 3.8) is 0 Å². The van der Waals surface area contributed by atoms with E-state index in [0.29, 0.717) is 10.6 Å². The molecule has 0 spiro atoms. The summed E-state index contributed by atoms with van der Waals surface area (Å²) in [6.45, 7) is -1.51. The molecule has 0 bridgehead atoms. The fraction of sp³-hybridized carbons (Fsp3) is 0.303. The maximum absolute atomic E-state index is 15.5. The van der Waals surface area contributed by atoms with Gasteiger partial charge in [-0.25, -0.2) is 22.4 Å². The molecule has 6 rings (SSSR count). The highest BCUT2D eigenvalue weighted by molar-refractivity contribution is 6.33. The van der Waals surface area contributed by atoms with Crippen LogP contribution in [0.1, 0.15) is 29.8 Å². The van der Waals surface area contributed by atoms with E-state index in [9.17, 15) is 32.3 Å². The summed E-state index contributed by atoms with van der Waals surface area (Å²) in [6, 6.07) is 13.2. The molecule has 256 valence electrons. The molecule has 16 heteroatoms. The quantitative estimate of drug-likeness (QED) is 0.221. The summed E-state index contributed by atoms with van der Waals surface area (Å²) in [6.07, 6.45) is -2.04. The maximum atomic E-state index is 15.5. The van der Waals surface area contributed by atoms with Gasteiger partial charge in [0.05, 0.1) is 24.3 Å². The molecule has 4 N–H and O–H groups in total. The summed E-state index contributed by atoms with van der Waals surface area (Å²) in [5.74, 6) is -6.23. The molecule has 2 aliphatic rings. The van der Waals surface area contributed by atoms with E-state index in [1.165, 1.54) is 36.4 Å². The number of anilines is 2. The number of nitrogens with two attached hydrogens (primary N) is 1. The predicted octanol–water partition coefficient (Wildman–Crippen LogP) is 5.44. The molecular formula is C33H30ClF4N7O4. The van der Waals surface area contributed by atoms with Crippen molar-refractivity contribution in [3.05, 3.63) is 77.2 Å². The number of halogens is 5. The highest BCUT2D eigenvalue weighted by atomic mass is 35.5. The number of benzene rings is 3. The number of nitrogens with zero attached hydrogens (tertiary/aromatic N) is 4. The molecule has 0 aliphatic carbocycles. The van der Waals surface area contributed by atoms with Crippen molar-refractivity contribution in [2.24, 2.45) is 5.73 Å². The summed E-state index contributed by atoms with van der Waals surface area (Å²) >= 11 is 6.24. The first kappa shape index (κ1) is 33.7. The van der Waals surface area contributed by atoms with E-state index in [-0.39, 0.29) is 59.3 Å². The van der Waals surface area contributed by atoms with Gasteiger partial charge in [0.25, 0.3) is 11.8 Å². The molecular weight excluding hydrogens is 670 g/mol. The number of fused-ring (bicyclic) bond motifs is 1. The summed E-state index contributed by atoms with van der Waals surface area (Å²) in [4.78, 5) is 53.8. The number of urea groups is 1. The number of primary amides is 1. The third-order valence-corrected chi connectivity index (χ3v) is 8.82. The molecule has 2 unspecified atom stereocenters. The largest absolute Gasteiger partial charge is 0.364 e. The molecule has 0 saturated carbocycles. The molecule has 2 fully saturated rings. The van der Waals surface area contributed by atoms with Gasteiger partial charge in [0.15, 0.2) is 11.5 Å². The van der Waals surface area contributed by atoms with Crippen molar-refractivity contribution in [3.8, 4) is 11.1 Å². The van der Waals surface area contributed by atoms with Gasteiger partial charge in [0.1, 0.15) is 18.8 Å². The van der Waals surface area contributed by atoms with Crippen molar-refractivity contribution in [1.82, 2.24) is 19.6 Å². The molecule has 11 nitrogen and oxygen atoms in total. The normalized spacial score (nSPS) is 18.8. The van der Waals surface area contributed by atoms with E-state index >= 15 is 4.39 Å². The number of likely N-dealkylation sites (tertiary alicyclic amines) is 2. The van der Waals surface area contributed by atoms with Gasteiger partial charge in [-0.1, -0.05) is 41.9 Å². The minimum atomic E-state index is -3.00. The predicted molar refractivity (Wildman–Crippen MR) is 174 cm³/mol. The number of amides is 5. The Morgan fingerprint density at radius 1 is 1.02 bits per heavy atom.